The molecule has 11 nitrogen and oxygen atoms in total. The Labute approximate surface area is 263 Å². The van der Waals surface area contributed by atoms with E-state index in [1.54, 1.807) is 29.9 Å². The number of benzene rings is 2. The average Bonchev–Trinajstić information content (AvgIpc) is 3.35. The molecule has 2 aromatic heterocycles. The molecule has 0 unspecified atom stereocenters. The quantitative estimate of drug-likeness (QED) is 0.222. The van der Waals surface area contributed by atoms with Crippen LogP contribution in [0.4, 0.5) is 0 Å². The lowest BCUT2D eigenvalue weighted by Crippen LogP contribution is -2.47. The van der Waals surface area contributed by atoms with Gasteiger partial charge in [0.15, 0.2) is 11.3 Å². The van der Waals surface area contributed by atoms with Crippen LogP contribution in [-0.2, 0) is 23.5 Å². The number of nitrogens with zero attached hydrogens (tertiary/aromatic N) is 6. The van der Waals surface area contributed by atoms with E-state index in [4.69, 9.17) is 14.6 Å². The molecule has 1 fully saturated rings. The van der Waals surface area contributed by atoms with Gasteiger partial charge in [0.1, 0.15) is 17.0 Å². The van der Waals surface area contributed by atoms with Crippen LogP contribution in [0.1, 0.15) is 39.3 Å². The van der Waals surface area contributed by atoms with Crippen molar-refractivity contribution in [3.05, 3.63) is 58.5 Å². The normalized spacial score (nSPS) is 14.8. The summed E-state index contributed by atoms with van der Waals surface area (Å²) in [4.78, 5) is 21.3. The predicted molar refractivity (Wildman–Crippen MR) is 173 cm³/mol. The fourth-order valence-electron chi connectivity index (χ4n) is 5.21. The molecule has 1 aliphatic heterocycles. The summed E-state index contributed by atoms with van der Waals surface area (Å²) in [6, 6.07) is 12.5. The molecule has 0 aliphatic carbocycles. The Kier molecular flexibility index (Phi) is 9.98. The van der Waals surface area contributed by atoms with Crippen LogP contribution in [0.25, 0.3) is 22.4 Å². The summed E-state index contributed by atoms with van der Waals surface area (Å²) in [5.41, 5.74) is 1.77. The van der Waals surface area contributed by atoms with Crippen molar-refractivity contribution in [2.24, 2.45) is 7.05 Å². The van der Waals surface area contributed by atoms with Gasteiger partial charge < -0.3 is 14.4 Å². The van der Waals surface area contributed by atoms with Gasteiger partial charge >= 0.3 is 0 Å². The van der Waals surface area contributed by atoms with E-state index in [9.17, 15) is 13.2 Å². The van der Waals surface area contributed by atoms with Gasteiger partial charge in [0.2, 0.25) is 10.0 Å². The number of ether oxygens (including phenoxy) is 2. The Morgan fingerprint density at radius 2 is 1.64 bits per heavy atom. The largest absolute Gasteiger partial charge is 0.494 e. The highest BCUT2D eigenvalue weighted by atomic mass is 32.2. The summed E-state index contributed by atoms with van der Waals surface area (Å²) in [6.45, 7) is 9.08. The number of hydrogen-bond acceptors (Lipinski definition) is 9. The maximum atomic E-state index is 13.8. The van der Waals surface area contributed by atoms with E-state index in [1.807, 2.05) is 42.2 Å². The standard InChI is InChI=1S/C31H40N6O5S2/c1-6-9-26-28-29(35(5)33-26)31(38)32-30(37(28)43-23-12-10-22(11-13-23)42-20-7-2)25-21-24(14-15-27(25)41-8-3)44(39,40)36-18-16-34(4)17-19-36/h10-15,21H,6-9,16-20H2,1-5H3. The smallest absolute Gasteiger partial charge is 0.299 e. The van der Waals surface area contributed by atoms with Crippen LogP contribution >= 0.6 is 11.9 Å². The number of sulfonamides is 1. The van der Waals surface area contributed by atoms with Crippen LogP contribution in [0.15, 0.2) is 57.1 Å². The minimum absolute atomic E-state index is 0.129. The second-order valence-corrected chi connectivity index (χ2v) is 13.7. The van der Waals surface area contributed by atoms with Crippen molar-refractivity contribution in [3.63, 3.8) is 0 Å². The lowest BCUT2D eigenvalue weighted by Gasteiger charge is -2.31. The first-order chi connectivity index (χ1) is 21.2. The molecule has 0 saturated carbocycles. The van der Waals surface area contributed by atoms with Gasteiger partial charge in [-0.2, -0.15) is 14.4 Å². The van der Waals surface area contributed by atoms with E-state index < -0.39 is 15.6 Å². The summed E-state index contributed by atoms with van der Waals surface area (Å²) >= 11 is 1.39. The molecule has 13 heteroatoms. The fraction of sp³-hybridized carbons (Fsp3) is 0.452. The first-order valence-corrected chi connectivity index (χ1v) is 17.2. The molecule has 44 heavy (non-hydrogen) atoms. The van der Waals surface area contributed by atoms with E-state index in [0.717, 1.165) is 29.2 Å². The van der Waals surface area contributed by atoms with Crippen molar-refractivity contribution in [1.29, 1.82) is 0 Å². The predicted octanol–water partition coefficient (Wildman–Crippen LogP) is 4.43. The number of rotatable bonds is 12. The Morgan fingerprint density at radius 1 is 0.909 bits per heavy atom. The minimum atomic E-state index is -3.80. The highest BCUT2D eigenvalue weighted by Crippen LogP contribution is 2.38. The summed E-state index contributed by atoms with van der Waals surface area (Å²) in [6.07, 6.45) is 2.39. The Morgan fingerprint density at radius 3 is 2.30 bits per heavy atom. The van der Waals surface area contributed by atoms with Gasteiger partial charge in [-0.25, -0.2) is 8.42 Å². The van der Waals surface area contributed by atoms with Crippen molar-refractivity contribution in [1.82, 2.24) is 27.9 Å². The topological polar surface area (TPSA) is 112 Å². The minimum Gasteiger partial charge on any atom is -0.494 e. The maximum Gasteiger partial charge on any atom is 0.299 e. The van der Waals surface area contributed by atoms with Gasteiger partial charge in [-0.15, -0.1) is 0 Å². The molecule has 0 amide bonds. The molecule has 5 rings (SSSR count). The summed E-state index contributed by atoms with van der Waals surface area (Å²) in [5, 5.41) is 4.69. The number of hydrogen-bond donors (Lipinski definition) is 0. The van der Waals surface area contributed by atoms with Crippen LogP contribution in [0.2, 0.25) is 0 Å². The molecular formula is C31H40N6O5S2. The highest BCUT2D eigenvalue weighted by molar-refractivity contribution is 7.98. The molecular weight excluding hydrogens is 601 g/mol. The zero-order chi connectivity index (χ0) is 31.4. The lowest BCUT2D eigenvalue weighted by molar-refractivity contribution is 0.222. The van der Waals surface area contributed by atoms with Gasteiger partial charge in [0.05, 0.1) is 29.4 Å². The highest BCUT2D eigenvalue weighted by Gasteiger charge is 2.30. The number of piperazine rings is 1. The molecule has 0 atom stereocenters. The van der Waals surface area contributed by atoms with Crippen LogP contribution in [0.3, 0.4) is 0 Å². The molecule has 4 aromatic rings. The van der Waals surface area contributed by atoms with Crippen molar-refractivity contribution in [3.8, 4) is 22.9 Å². The second kappa shape index (κ2) is 13.7. The first kappa shape index (κ1) is 32.0. The van der Waals surface area contributed by atoms with Crippen molar-refractivity contribution in [2.75, 3.05) is 46.4 Å². The molecule has 3 heterocycles. The number of aromatic nitrogens is 4. The van der Waals surface area contributed by atoms with E-state index in [1.165, 1.54) is 16.3 Å². The van der Waals surface area contributed by atoms with E-state index in [0.29, 0.717) is 74.0 Å². The Hall–Kier alpha value is -3.39. The number of likely N-dealkylation sites (N-methyl/N-ethyl adjacent to an activating group) is 1. The van der Waals surface area contributed by atoms with Gasteiger partial charge in [0.25, 0.3) is 5.56 Å². The van der Waals surface area contributed by atoms with E-state index >= 15 is 0 Å². The van der Waals surface area contributed by atoms with Crippen molar-refractivity contribution < 1.29 is 17.9 Å². The Bertz CT molecular complexity index is 1780. The monoisotopic (exact) mass is 640 g/mol. The SMILES string of the molecule is CCCOc1ccc(Sn2c(-c3cc(S(=O)(=O)N4CCN(C)CC4)ccc3OCC)nc(=O)c3c2c(CCC)nn3C)cc1. The van der Waals surface area contributed by atoms with Crippen molar-refractivity contribution in [2.45, 2.75) is 49.8 Å². The first-order valence-electron chi connectivity index (χ1n) is 15.0. The molecule has 0 N–H and O–H groups in total. The third-order valence-electron chi connectivity index (χ3n) is 7.47. The van der Waals surface area contributed by atoms with Crippen LogP contribution < -0.4 is 15.0 Å². The number of fused-ring (bicyclic) bond motifs is 1. The van der Waals surface area contributed by atoms with Gasteiger partial charge in [-0.3, -0.25) is 13.4 Å². The maximum absolute atomic E-state index is 13.8. The van der Waals surface area contributed by atoms with Gasteiger partial charge in [0, 0.05) is 38.1 Å². The molecule has 0 bridgehead atoms. The molecule has 2 aromatic carbocycles. The van der Waals surface area contributed by atoms with Crippen LogP contribution in [0.5, 0.6) is 11.5 Å². The zero-order valence-corrected chi connectivity index (χ0v) is 27.6. The fourth-order valence-corrected chi connectivity index (χ4v) is 7.64. The third-order valence-corrected chi connectivity index (χ3v) is 10.4. The lowest BCUT2D eigenvalue weighted by atomic mass is 10.1. The number of aryl methyl sites for hydroxylation is 2. The summed E-state index contributed by atoms with van der Waals surface area (Å²) in [5.74, 6) is 1.51. The molecule has 1 aliphatic rings. The zero-order valence-electron chi connectivity index (χ0n) is 25.9. The van der Waals surface area contributed by atoms with Crippen molar-refractivity contribution >= 4 is 33.0 Å². The molecule has 0 spiro atoms. The molecule has 236 valence electrons. The van der Waals surface area contributed by atoms with Crippen LogP contribution in [-0.4, -0.2) is 82.8 Å². The van der Waals surface area contributed by atoms with E-state index in [-0.39, 0.29) is 4.90 Å². The molecule has 1 saturated heterocycles. The third kappa shape index (κ3) is 6.51. The van der Waals surface area contributed by atoms with E-state index in [2.05, 4.69) is 23.7 Å². The summed E-state index contributed by atoms with van der Waals surface area (Å²) < 4.78 is 44.3. The van der Waals surface area contributed by atoms with Crippen LogP contribution in [0, 0.1) is 0 Å². The van der Waals surface area contributed by atoms with Gasteiger partial charge in [-0.05, 0) is 81.2 Å². The summed E-state index contributed by atoms with van der Waals surface area (Å²) in [7, 11) is -0.0735. The molecule has 0 radical (unpaired) electrons. The Balaban J connectivity index is 1.71. The average molecular weight is 641 g/mol. The second-order valence-electron chi connectivity index (χ2n) is 10.8. The van der Waals surface area contributed by atoms with Gasteiger partial charge in [-0.1, -0.05) is 20.3 Å².